The highest BCUT2D eigenvalue weighted by Gasteiger charge is 2.13. The molecule has 0 aromatic carbocycles. The average molecular weight is 295 g/mol. The number of aromatic nitrogens is 1. The smallest absolute Gasteiger partial charge is 0.0805 e. The van der Waals surface area contributed by atoms with Gasteiger partial charge in [0.2, 0.25) is 0 Å². The predicted octanol–water partition coefficient (Wildman–Crippen LogP) is 3.99. The lowest BCUT2D eigenvalue weighted by Gasteiger charge is -2.22. The minimum atomic E-state index is 0.0948. The molecular formula is C15H19ClN2S. The Labute approximate surface area is 124 Å². The number of pyridine rings is 1. The summed E-state index contributed by atoms with van der Waals surface area (Å²) in [6, 6.07) is 8.32. The van der Waals surface area contributed by atoms with E-state index in [0.717, 1.165) is 26.1 Å². The van der Waals surface area contributed by atoms with Gasteiger partial charge in [-0.25, -0.2) is 0 Å². The zero-order valence-electron chi connectivity index (χ0n) is 11.1. The van der Waals surface area contributed by atoms with Gasteiger partial charge in [-0.15, -0.1) is 22.9 Å². The predicted molar refractivity (Wildman–Crippen MR) is 83.0 cm³/mol. The molecule has 0 radical (unpaired) electrons. The molecular weight excluding hydrogens is 276 g/mol. The highest BCUT2D eigenvalue weighted by molar-refractivity contribution is 7.10. The zero-order chi connectivity index (χ0) is 13.5. The Morgan fingerprint density at radius 2 is 2.11 bits per heavy atom. The fraction of sp³-hybridized carbons (Fsp3) is 0.400. The zero-order valence-corrected chi connectivity index (χ0v) is 12.7. The van der Waals surface area contributed by atoms with Crippen LogP contribution in [0.1, 0.15) is 22.7 Å². The van der Waals surface area contributed by atoms with Gasteiger partial charge in [0.15, 0.2) is 0 Å². The largest absolute Gasteiger partial charge is 0.301 e. The van der Waals surface area contributed by atoms with Crippen molar-refractivity contribution in [2.24, 2.45) is 0 Å². The topological polar surface area (TPSA) is 16.1 Å². The second-order valence-corrected chi connectivity index (χ2v) is 5.99. The van der Waals surface area contributed by atoms with Crippen molar-refractivity contribution in [3.63, 3.8) is 0 Å². The number of nitrogens with zero attached hydrogens (tertiary/aromatic N) is 2. The van der Waals surface area contributed by atoms with Crippen LogP contribution in [0.2, 0.25) is 0 Å². The molecule has 2 aromatic heterocycles. The summed E-state index contributed by atoms with van der Waals surface area (Å²) in [4.78, 5) is 7.70. The van der Waals surface area contributed by atoms with Crippen LogP contribution in [-0.4, -0.2) is 29.5 Å². The molecule has 4 heteroatoms. The van der Waals surface area contributed by atoms with Crippen molar-refractivity contribution >= 4 is 22.9 Å². The van der Waals surface area contributed by atoms with Gasteiger partial charge < -0.3 is 4.90 Å². The van der Waals surface area contributed by atoms with Gasteiger partial charge in [-0.2, -0.15) is 0 Å². The summed E-state index contributed by atoms with van der Waals surface area (Å²) in [5, 5.41) is 2.18. The molecule has 1 atom stereocenters. The van der Waals surface area contributed by atoms with Crippen molar-refractivity contribution in [1.82, 2.24) is 9.88 Å². The van der Waals surface area contributed by atoms with Gasteiger partial charge in [0.1, 0.15) is 0 Å². The van der Waals surface area contributed by atoms with E-state index in [1.807, 2.05) is 12.4 Å². The molecule has 0 fully saturated rings. The molecule has 0 aliphatic rings. The number of halogens is 1. The summed E-state index contributed by atoms with van der Waals surface area (Å²) in [5.41, 5.74) is 1.33. The molecule has 102 valence electrons. The summed E-state index contributed by atoms with van der Waals surface area (Å²) >= 11 is 8.19. The van der Waals surface area contributed by atoms with Crippen LogP contribution in [0, 0.1) is 0 Å². The summed E-state index contributed by atoms with van der Waals surface area (Å²) in [5.74, 6) is 0. The maximum Gasteiger partial charge on any atom is 0.0805 e. The number of hydrogen-bond donors (Lipinski definition) is 0. The van der Waals surface area contributed by atoms with Crippen LogP contribution >= 0.6 is 22.9 Å². The molecule has 19 heavy (non-hydrogen) atoms. The first-order chi connectivity index (χ1) is 9.29. The van der Waals surface area contributed by atoms with E-state index in [0.29, 0.717) is 0 Å². The van der Waals surface area contributed by atoms with Crippen LogP contribution in [0.3, 0.4) is 0 Å². The van der Waals surface area contributed by atoms with Crippen molar-refractivity contribution in [3.8, 4) is 0 Å². The first-order valence-electron chi connectivity index (χ1n) is 6.58. The van der Waals surface area contributed by atoms with E-state index >= 15 is 0 Å². The molecule has 0 aliphatic carbocycles. The van der Waals surface area contributed by atoms with Gasteiger partial charge in [0.05, 0.1) is 5.38 Å². The Kier molecular flexibility index (Phi) is 5.83. The Hall–Kier alpha value is -0.900. The molecule has 2 aromatic rings. The molecule has 2 heterocycles. The first kappa shape index (κ1) is 14.5. The van der Waals surface area contributed by atoms with Crippen molar-refractivity contribution in [1.29, 1.82) is 0 Å². The molecule has 0 N–H and O–H groups in total. The van der Waals surface area contributed by atoms with Crippen LogP contribution < -0.4 is 0 Å². The third kappa shape index (κ3) is 4.60. The second kappa shape index (κ2) is 7.63. The second-order valence-electron chi connectivity index (χ2n) is 4.48. The fourth-order valence-corrected chi connectivity index (χ4v) is 3.12. The molecule has 0 bridgehead atoms. The van der Waals surface area contributed by atoms with Crippen molar-refractivity contribution < 1.29 is 0 Å². The van der Waals surface area contributed by atoms with Gasteiger partial charge in [-0.05, 0) is 42.1 Å². The Morgan fingerprint density at radius 1 is 1.32 bits per heavy atom. The van der Waals surface area contributed by atoms with Crippen LogP contribution in [-0.2, 0) is 6.42 Å². The Morgan fingerprint density at radius 3 is 2.74 bits per heavy atom. The SMILES string of the molecule is CCN(CCc1ccncc1)CC(Cl)c1cccs1. The normalized spacial score (nSPS) is 12.8. The highest BCUT2D eigenvalue weighted by Crippen LogP contribution is 2.25. The van der Waals surface area contributed by atoms with Crippen LogP contribution in [0.5, 0.6) is 0 Å². The maximum absolute atomic E-state index is 6.46. The number of alkyl halides is 1. The van der Waals surface area contributed by atoms with Gasteiger partial charge in [0.25, 0.3) is 0 Å². The molecule has 1 unspecified atom stereocenters. The summed E-state index contributed by atoms with van der Waals surface area (Å²) < 4.78 is 0. The van der Waals surface area contributed by atoms with Gasteiger partial charge in [-0.1, -0.05) is 13.0 Å². The molecule has 0 spiro atoms. The molecule has 0 aliphatic heterocycles. The lowest BCUT2D eigenvalue weighted by atomic mass is 10.2. The van der Waals surface area contributed by atoms with E-state index in [1.165, 1.54) is 10.4 Å². The van der Waals surface area contributed by atoms with Crippen LogP contribution in [0.15, 0.2) is 42.0 Å². The first-order valence-corrected chi connectivity index (χ1v) is 7.90. The van der Waals surface area contributed by atoms with E-state index < -0.39 is 0 Å². The maximum atomic E-state index is 6.46. The Bertz CT molecular complexity index is 458. The van der Waals surface area contributed by atoms with Crippen molar-refractivity contribution in [2.75, 3.05) is 19.6 Å². The lowest BCUT2D eigenvalue weighted by Crippen LogP contribution is -2.29. The number of rotatable bonds is 7. The molecule has 0 saturated heterocycles. The monoisotopic (exact) mass is 294 g/mol. The molecule has 2 nitrogen and oxygen atoms in total. The fourth-order valence-electron chi connectivity index (χ4n) is 2.00. The number of hydrogen-bond acceptors (Lipinski definition) is 3. The minimum absolute atomic E-state index is 0.0948. The summed E-state index contributed by atoms with van der Waals surface area (Å²) in [6.45, 7) is 5.16. The van der Waals surface area contributed by atoms with E-state index in [4.69, 9.17) is 11.6 Å². The van der Waals surface area contributed by atoms with E-state index in [2.05, 4.69) is 46.5 Å². The lowest BCUT2D eigenvalue weighted by molar-refractivity contribution is 0.292. The molecule has 2 rings (SSSR count). The van der Waals surface area contributed by atoms with E-state index in [9.17, 15) is 0 Å². The van der Waals surface area contributed by atoms with Gasteiger partial charge in [-0.3, -0.25) is 4.98 Å². The van der Waals surface area contributed by atoms with Crippen molar-refractivity contribution in [3.05, 3.63) is 52.5 Å². The molecule has 0 saturated carbocycles. The third-order valence-corrected chi connectivity index (χ3v) is 4.67. The highest BCUT2D eigenvalue weighted by atomic mass is 35.5. The van der Waals surface area contributed by atoms with Gasteiger partial charge >= 0.3 is 0 Å². The van der Waals surface area contributed by atoms with Crippen molar-refractivity contribution in [2.45, 2.75) is 18.7 Å². The van der Waals surface area contributed by atoms with Crippen LogP contribution in [0.25, 0.3) is 0 Å². The molecule has 0 amide bonds. The number of thiophene rings is 1. The minimum Gasteiger partial charge on any atom is -0.301 e. The quantitative estimate of drug-likeness (QED) is 0.718. The standard InChI is InChI=1S/C15H19ClN2S/c1-2-18(10-7-13-5-8-17-9-6-13)12-14(16)15-4-3-11-19-15/h3-6,8-9,11,14H,2,7,10,12H2,1H3. The average Bonchev–Trinajstić information content (AvgIpc) is 2.98. The number of likely N-dealkylation sites (N-methyl/N-ethyl adjacent to an activating group) is 1. The summed E-state index contributed by atoms with van der Waals surface area (Å²) in [7, 11) is 0. The van der Waals surface area contributed by atoms with Crippen LogP contribution in [0.4, 0.5) is 0 Å². The third-order valence-electron chi connectivity index (χ3n) is 3.18. The van der Waals surface area contributed by atoms with E-state index in [1.54, 1.807) is 11.3 Å². The van der Waals surface area contributed by atoms with E-state index in [-0.39, 0.29) is 5.38 Å². The Balaban J connectivity index is 1.83. The van der Waals surface area contributed by atoms with Gasteiger partial charge in [0, 0.05) is 30.4 Å². The summed E-state index contributed by atoms with van der Waals surface area (Å²) in [6.07, 6.45) is 4.74.